The van der Waals surface area contributed by atoms with Crippen molar-refractivity contribution in [1.29, 1.82) is 0 Å². The lowest BCUT2D eigenvalue weighted by Crippen LogP contribution is -2.27. The maximum absolute atomic E-state index is 12.3. The molecule has 5 heteroatoms. The molecule has 0 saturated heterocycles. The van der Waals surface area contributed by atoms with Gasteiger partial charge in [0.1, 0.15) is 6.61 Å². The number of hydrogen-bond donors (Lipinski definition) is 2. The molecule has 1 saturated carbocycles. The van der Waals surface area contributed by atoms with Crippen LogP contribution in [0.3, 0.4) is 0 Å². The Morgan fingerprint density at radius 3 is 2.79 bits per heavy atom. The Labute approximate surface area is 113 Å². The van der Waals surface area contributed by atoms with Crippen molar-refractivity contribution in [3.8, 4) is 11.8 Å². The predicted molar refractivity (Wildman–Crippen MR) is 72.9 cm³/mol. The Bertz CT molecular complexity index is 613. The summed E-state index contributed by atoms with van der Waals surface area (Å²) in [6, 6.07) is 6.62. The van der Waals surface area contributed by atoms with Gasteiger partial charge in [0.2, 0.25) is 10.0 Å². The van der Waals surface area contributed by atoms with E-state index in [1.165, 1.54) is 6.07 Å². The first kappa shape index (κ1) is 14.1. The molecular formula is C14H17NO3S. The first-order chi connectivity index (χ1) is 9.08. The molecule has 0 aromatic heterocycles. The standard InChI is InChI=1S/C14H17NO3S/c1-2-11-10-13(11)15-19(17,18)14-8-4-3-6-12(14)7-5-9-16/h3-4,6,8,11,13,15-16H,2,9-10H2,1H3. The van der Waals surface area contributed by atoms with Gasteiger partial charge in [0.05, 0.1) is 4.90 Å². The van der Waals surface area contributed by atoms with Gasteiger partial charge >= 0.3 is 0 Å². The van der Waals surface area contributed by atoms with Crippen LogP contribution in [0.2, 0.25) is 0 Å². The first-order valence-electron chi connectivity index (χ1n) is 6.29. The molecule has 2 rings (SSSR count). The van der Waals surface area contributed by atoms with Crippen molar-refractivity contribution in [2.75, 3.05) is 6.61 Å². The van der Waals surface area contributed by atoms with E-state index in [-0.39, 0.29) is 17.5 Å². The highest BCUT2D eigenvalue weighted by atomic mass is 32.2. The SMILES string of the molecule is CCC1CC1NS(=O)(=O)c1ccccc1C#CCO. The van der Waals surface area contributed by atoms with E-state index in [1.54, 1.807) is 18.2 Å². The van der Waals surface area contributed by atoms with E-state index >= 15 is 0 Å². The zero-order chi connectivity index (χ0) is 13.9. The van der Waals surface area contributed by atoms with Gasteiger partial charge in [-0.05, 0) is 24.5 Å². The van der Waals surface area contributed by atoms with Crippen LogP contribution in [0.5, 0.6) is 0 Å². The van der Waals surface area contributed by atoms with Gasteiger partial charge < -0.3 is 5.11 Å². The van der Waals surface area contributed by atoms with Gasteiger partial charge in [-0.1, -0.05) is 37.3 Å². The smallest absolute Gasteiger partial charge is 0.242 e. The molecule has 1 aliphatic carbocycles. The van der Waals surface area contributed by atoms with Crippen molar-refractivity contribution in [2.24, 2.45) is 5.92 Å². The van der Waals surface area contributed by atoms with Gasteiger partial charge in [-0.3, -0.25) is 0 Å². The Balaban J connectivity index is 2.25. The summed E-state index contributed by atoms with van der Waals surface area (Å²) >= 11 is 0. The number of hydrogen-bond acceptors (Lipinski definition) is 3. The zero-order valence-corrected chi connectivity index (χ0v) is 11.6. The molecule has 2 atom stereocenters. The minimum absolute atomic E-state index is 0.0499. The number of sulfonamides is 1. The minimum Gasteiger partial charge on any atom is -0.384 e. The molecule has 19 heavy (non-hydrogen) atoms. The van der Waals surface area contributed by atoms with Crippen LogP contribution in [0.25, 0.3) is 0 Å². The monoisotopic (exact) mass is 279 g/mol. The lowest BCUT2D eigenvalue weighted by atomic mass is 10.2. The second kappa shape index (κ2) is 5.74. The van der Waals surface area contributed by atoms with E-state index in [2.05, 4.69) is 23.5 Å². The highest BCUT2D eigenvalue weighted by Crippen LogP contribution is 2.34. The lowest BCUT2D eigenvalue weighted by Gasteiger charge is -2.08. The molecule has 0 heterocycles. The lowest BCUT2D eigenvalue weighted by molar-refractivity contribution is 0.350. The zero-order valence-electron chi connectivity index (χ0n) is 10.8. The summed E-state index contributed by atoms with van der Waals surface area (Å²) in [5, 5.41) is 8.70. The molecule has 0 aliphatic heterocycles. The fraction of sp³-hybridized carbons (Fsp3) is 0.429. The van der Waals surface area contributed by atoms with Crippen LogP contribution in [0.1, 0.15) is 25.3 Å². The molecule has 1 aromatic carbocycles. The fourth-order valence-corrected chi connectivity index (χ4v) is 3.53. The van der Waals surface area contributed by atoms with Crippen molar-refractivity contribution in [3.63, 3.8) is 0 Å². The Kier molecular flexibility index (Phi) is 4.25. The van der Waals surface area contributed by atoms with Crippen molar-refractivity contribution >= 4 is 10.0 Å². The Hall–Kier alpha value is -1.35. The number of nitrogens with one attached hydrogen (secondary N) is 1. The summed E-state index contributed by atoms with van der Waals surface area (Å²) < 4.78 is 27.3. The van der Waals surface area contributed by atoms with Gasteiger partial charge in [0.15, 0.2) is 0 Å². The normalized spacial score (nSPS) is 21.6. The predicted octanol–water partition coefficient (Wildman–Crippen LogP) is 1.11. The maximum Gasteiger partial charge on any atom is 0.242 e. The summed E-state index contributed by atoms with van der Waals surface area (Å²) in [6.07, 6.45) is 1.89. The van der Waals surface area contributed by atoms with E-state index in [0.717, 1.165) is 12.8 Å². The van der Waals surface area contributed by atoms with Gasteiger partial charge in [-0.2, -0.15) is 0 Å². The molecule has 2 N–H and O–H groups in total. The number of rotatable bonds is 4. The third-order valence-electron chi connectivity index (χ3n) is 3.23. The summed E-state index contributed by atoms with van der Waals surface area (Å²) in [4.78, 5) is 0.178. The van der Waals surface area contributed by atoms with Gasteiger partial charge in [-0.25, -0.2) is 13.1 Å². The van der Waals surface area contributed by atoms with Crippen molar-refractivity contribution in [3.05, 3.63) is 29.8 Å². The van der Waals surface area contributed by atoms with Crippen LogP contribution in [-0.4, -0.2) is 26.2 Å². The molecule has 0 amide bonds. The average molecular weight is 279 g/mol. The molecule has 1 fully saturated rings. The van der Waals surface area contributed by atoms with E-state index in [9.17, 15) is 8.42 Å². The van der Waals surface area contributed by atoms with Gasteiger partial charge in [0, 0.05) is 11.6 Å². The molecular weight excluding hydrogens is 262 g/mol. The summed E-state index contributed by atoms with van der Waals surface area (Å²) in [5.41, 5.74) is 0.415. The quantitative estimate of drug-likeness (QED) is 0.811. The third-order valence-corrected chi connectivity index (χ3v) is 4.78. The average Bonchev–Trinajstić information content (AvgIpc) is 3.14. The van der Waals surface area contributed by atoms with E-state index in [4.69, 9.17) is 5.11 Å². The molecule has 1 aromatic rings. The van der Waals surface area contributed by atoms with E-state index in [1.807, 2.05) is 0 Å². The molecule has 1 aliphatic rings. The second-order valence-electron chi connectivity index (χ2n) is 4.59. The Morgan fingerprint density at radius 1 is 1.42 bits per heavy atom. The van der Waals surface area contributed by atoms with Crippen LogP contribution >= 0.6 is 0 Å². The number of benzene rings is 1. The molecule has 102 valence electrons. The topological polar surface area (TPSA) is 66.4 Å². The van der Waals surface area contributed by atoms with Gasteiger partial charge in [0.25, 0.3) is 0 Å². The molecule has 4 nitrogen and oxygen atoms in total. The molecule has 2 unspecified atom stereocenters. The van der Waals surface area contributed by atoms with Crippen LogP contribution in [0.15, 0.2) is 29.2 Å². The maximum atomic E-state index is 12.3. The van der Waals surface area contributed by atoms with E-state index in [0.29, 0.717) is 11.5 Å². The van der Waals surface area contributed by atoms with Crippen LogP contribution < -0.4 is 4.72 Å². The molecule has 0 radical (unpaired) electrons. The largest absolute Gasteiger partial charge is 0.384 e. The summed E-state index contributed by atoms with van der Waals surface area (Å²) in [7, 11) is -3.54. The van der Waals surface area contributed by atoms with Crippen LogP contribution in [0.4, 0.5) is 0 Å². The molecule has 0 bridgehead atoms. The number of aliphatic hydroxyl groups is 1. The second-order valence-corrected chi connectivity index (χ2v) is 6.27. The minimum atomic E-state index is -3.54. The first-order valence-corrected chi connectivity index (χ1v) is 7.78. The van der Waals surface area contributed by atoms with Crippen LogP contribution in [-0.2, 0) is 10.0 Å². The van der Waals surface area contributed by atoms with Crippen LogP contribution in [0, 0.1) is 17.8 Å². The van der Waals surface area contributed by atoms with Crippen molar-refractivity contribution in [2.45, 2.75) is 30.7 Å². The summed E-state index contributed by atoms with van der Waals surface area (Å²) in [5.74, 6) is 5.60. The fourth-order valence-electron chi connectivity index (χ4n) is 2.04. The third kappa shape index (κ3) is 3.35. The van der Waals surface area contributed by atoms with Crippen molar-refractivity contribution < 1.29 is 13.5 Å². The molecule has 0 spiro atoms. The van der Waals surface area contributed by atoms with E-state index < -0.39 is 10.0 Å². The highest BCUT2D eigenvalue weighted by molar-refractivity contribution is 7.89. The summed E-state index contributed by atoms with van der Waals surface area (Å²) in [6.45, 7) is 1.77. The Morgan fingerprint density at radius 2 is 2.16 bits per heavy atom. The number of aliphatic hydroxyl groups excluding tert-OH is 1. The van der Waals surface area contributed by atoms with Crippen molar-refractivity contribution in [1.82, 2.24) is 4.72 Å². The highest BCUT2D eigenvalue weighted by Gasteiger charge is 2.38. The van der Waals surface area contributed by atoms with Gasteiger partial charge in [-0.15, -0.1) is 0 Å².